The van der Waals surface area contributed by atoms with E-state index in [1.54, 1.807) is 24.7 Å². The van der Waals surface area contributed by atoms with Crippen molar-refractivity contribution < 1.29 is 9.53 Å². The summed E-state index contributed by atoms with van der Waals surface area (Å²) >= 11 is 0. The van der Waals surface area contributed by atoms with Crippen LogP contribution in [0, 0.1) is 11.3 Å². The molecule has 1 aliphatic rings. The molecular formula is C32H28N6O2. The van der Waals surface area contributed by atoms with Crippen LogP contribution in [0.4, 0.5) is 0 Å². The molecule has 0 saturated carbocycles. The summed E-state index contributed by atoms with van der Waals surface area (Å²) in [6, 6.07) is 27.6. The van der Waals surface area contributed by atoms with Gasteiger partial charge in [-0.1, -0.05) is 54.6 Å². The van der Waals surface area contributed by atoms with E-state index in [4.69, 9.17) is 15.0 Å². The van der Waals surface area contributed by atoms with Crippen LogP contribution in [-0.2, 0) is 37.5 Å². The third-order valence-electron chi connectivity index (χ3n) is 7.12. The average Bonchev–Trinajstić information content (AvgIpc) is 3.63. The van der Waals surface area contributed by atoms with Crippen LogP contribution in [0.25, 0.3) is 11.3 Å². The van der Waals surface area contributed by atoms with Crippen LogP contribution < -0.4 is 4.74 Å². The maximum absolute atomic E-state index is 13.3. The molecule has 0 atom stereocenters. The Morgan fingerprint density at radius 1 is 0.950 bits per heavy atom. The third kappa shape index (κ3) is 5.49. The SMILES string of the molecule is N#Cc1ccc(Cn2cncc2CC(=O)N2CCn3cc(-c4ccccc4OCc4ccccc4)nc3C2)cc1. The predicted octanol–water partition coefficient (Wildman–Crippen LogP) is 4.83. The largest absolute Gasteiger partial charge is 0.488 e. The number of fused-ring (bicyclic) bond motifs is 1. The number of hydrogen-bond acceptors (Lipinski definition) is 5. The number of para-hydroxylation sites is 1. The third-order valence-corrected chi connectivity index (χ3v) is 7.12. The van der Waals surface area contributed by atoms with Gasteiger partial charge in [-0.3, -0.25) is 4.79 Å². The number of rotatable bonds is 8. The van der Waals surface area contributed by atoms with Crippen molar-refractivity contribution in [3.05, 3.63) is 126 Å². The number of carbonyl (C=O) groups is 1. The van der Waals surface area contributed by atoms with E-state index < -0.39 is 0 Å². The average molecular weight is 529 g/mol. The van der Waals surface area contributed by atoms with Gasteiger partial charge in [0.25, 0.3) is 0 Å². The second kappa shape index (κ2) is 11.3. The van der Waals surface area contributed by atoms with Gasteiger partial charge in [-0.2, -0.15) is 5.26 Å². The van der Waals surface area contributed by atoms with Gasteiger partial charge >= 0.3 is 0 Å². The highest BCUT2D eigenvalue weighted by Gasteiger charge is 2.24. The van der Waals surface area contributed by atoms with Gasteiger partial charge in [-0.25, -0.2) is 9.97 Å². The summed E-state index contributed by atoms with van der Waals surface area (Å²) in [5.41, 5.74) is 5.41. The van der Waals surface area contributed by atoms with Crippen molar-refractivity contribution in [3.8, 4) is 23.1 Å². The van der Waals surface area contributed by atoms with Gasteiger partial charge < -0.3 is 18.8 Å². The van der Waals surface area contributed by atoms with Crippen LogP contribution >= 0.6 is 0 Å². The summed E-state index contributed by atoms with van der Waals surface area (Å²) in [7, 11) is 0. The minimum absolute atomic E-state index is 0.0453. The fraction of sp³-hybridized carbons (Fsp3) is 0.188. The maximum atomic E-state index is 13.3. The highest BCUT2D eigenvalue weighted by Crippen LogP contribution is 2.31. The molecule has 3 heterocycles. The Labute approximate surface area is 232 Å². The van der Waals surface area contributed by atoms with Crippen LogP contribution in [0.3, 0.4) is 0 Å². The molecule has 0 radical (unpaired) electrons. The minimum atomic E-state index is 0.0453. The van der Waals surface area contributed by atoms with Gasteiger partial charge in [0, 0.05) is 43.3 Å². The second-order valence-electron chi connectivity index (χ2n) is 9.82. The Bertz CT molecular complexity index is 1660. The van der Waals surface area contributed by atoms with Gasteiger partial charge in [-0.05, 0) is 35.4 Å². The van der Waals surface area contributed by atoms with Crippen molar-refractivity contribution in [1.82, 2.24) is 24.0 Å². The lowest BCUT2D eigenvalue weighted by Gasteiger charge is -2.27. The van der Waals surface area contributed by atoms with E-state index in [9.17, 15) is 4.79 Å². The Morgan fingerprint density at radius 3 is 2.58 bits per heavy atom. The van der Waals surface area contributed by atoms with Gasteiger partial charge in [0.15, 0.2) is 0 Å². The van der Waals surface area contributed by atoms with Crippen molar-refractivity contribution in [2.75, 3.05) is 6.54 Å². The molecule has 198 valence electrons. The van der Waals surface area contributed by atoms with Gasteiger partial charge in [-0.15, -0.1) is 0 Å². The van der Waals surface area contributed by atoms with Crippen LogP contribution in [0.5, 0.6) is 5.75 Å². The Hall–Kier alpha value is -5.16. The first kappa shape index (κ1) is 25.1. The van der Waals surface area contributed by atoms with Gasteiger partial charge in [0.2, 0.25) is 5.91 Å². The molecule has 0 unspecified atom stereocenters. The molecule has 40 heavy (non-hydrogen) atoms. The van der Waals surface area contributed by atoms with Gasteiger partial charge in [0.1, 0.15) is 18.2 Å². The zero-order valence-electron chi connectivity index (χ0n) is 22.0. The molecule has 0 N–H and O–H groups in total. The Morgan fingerprint density at radius 2 is 1.75 bits per heavy atom. The number of hydrogen-bond donors (Lipinski definition) is 0. The zero-order chi connectivity index (χ0) is 27.3. The molecule has 0 aliphatic carbocycles. The molecular weight excluding hydrogens is 500 g/mol. The van der Waals surface area contributed by atoms with Crippen molar-refractivity contribution in [2.45, 2.75) is 32.7 Å². The Kier molecular flexibility index (Phi) is 7.10. The highest BCUT2D eigenvalue weighted by molar-refractivity contribution is 5.78. The summed E-state index contributed by atoms with van der Waals surface area (Å²) in [6.07, 6.45) is 5.80. The lowest BCUT2D eigenvalue weighted by atomic mass is 10.1. The Balaban J connectivity index is 1.12. The number of nitrogens with zero attached hydrogens (tertiary/aromatic N) is 6. The fourth-order valence-corrected chi connectivity index (χ4v) is 4.92. The van der Waals surface area contributed by atoms with Crippen molar-refractivity contribution in [1.29, 1.82) is 5.26 Å². The number of imidazole rings is 2. The summed E-state index contributed by atoms with van der Waals surface area (Å²) in [5, 5.41) is 9.03. The molecule has 8 nitrogen and oxygen atoms in total. The fourth-order valence-electron chi connectivity index (χ4n) is 4.92. The molecule has 0 spiro atoms. The normalized spacial score (nSPS) is 12.5. The standard InChI is InChI=1S/C32H28N6O2/c33-17-24-10-12-25(13-11-24)19-38-23-34-18-27(38)16-32(39)37-15-14-36-20-29(35-31(36)21-37)28-8-4-5-9-30(28)40-22-26-6-2-1-3-7-26/h1-13,18,20,23H,14-16,19,21-22H2. The van der Waals surface area contributed by atoms with E-state index in [0.29, 0.717) is 38.3 Å². The molecule has 0 bridgehead atoms. The van der Waals surface area contributed by atoms with Crippen LogP contribution in [0.2, 0.25) is 0 Å². The highest BCUT2D eigenvalue weighted by atomic mass is 16.5. The quantitative estimate of drug-likeness (QED) is 0.288. The van der Waals surface area contributed by atoms with E-state index in [1.807, 2.05) is 76.2 Å². The van der Waals surface area contributed by atoms with E-state index >= 15 is 0 Å². The first-order valence-electron chi connectivity index (χ1n) is 13.2. The van der Waals surface area contributed by atoms with Crippen molar-refractivity contribution in [2.24, 2.45) is 0 Å². The molecule has 2 aromatic heterocycles. The molecule has 1 aliphatic heterocycles. The van der Waals surface area contributed by atoms with E-state index in [0.717, 1.165) is 39.7 Å². The molecule has 1 amide bonds. The molecule has 8 heteroatoms. The zero-order valence-corrected chi connectivity index (χ0v) is 22.0. The summed E-state index contributed by atoms with van der Waals surface area (Å²) in [6.45, 7) is 2.84. The molecule has 6 rings (SSSR count). The van der Waals surface area contributed by atoms with Crippen molar-refractivity contribution >= 4 is 5.91 Å². The van der Waals surface area contributed by atoms with Crippen LogP contribution in [0.1, 0.15) is 28.2 Å². The van der Waals surface area contributed by atoms with E-state index in [-0.39, 0.29) is 12.3 Å². The minimum Gasteiger partial charge on any atom is -0.488 e. The second-order valence-corrected chi connectivity index (χ2v) is 9.82. The van der Waals surface area contributed by atoms with E-state index in [1.165, 1.54) is 0 Å². The summed E-state index contributed by atoms with van der Waals surface area (Å²) in [4.78, 5) is 24.3. The van der Waals surface area contributed by atoms with E-state index in [2.05, 4.69) is 21.8 Å². The first-order chi connectivity index (χ1) is 19.7. The molecule has 0 saturated heterocycles. The number of ether oxygens (including phenoxy) is 1. The number of benzene rings is 3. The molecule has 5 aromatic rings. The lowest BCUT2D eigenvalue weighted by Crippen LogP contribution is -2.39. The lowest BCUT2D eigenvalue weighted by molar-refractivity contribution is -0.132. The number of aromatic nitrogens is 4. The topological polar surface area (TPSA) is 89.0 Å². The predicted molar refractivity (Wildman–Crippen MR) is 150 cm³/mol. The first-order valence-corrected chi connectivity index (χ1v) is 13.2. The monoisotopic (exact) mass is 528 g/mol. The van der Waals surface area contributed by atoms with Crippen molar-refractivity contribution in [3.63, 3.8) is 0 Å². The van der Waals surface area contributed by atoms with Crippen LogP contribution in [-0.4, -0.2) is 36.5 Å². The summed E-state index contributed by atoms with van der Waals surface area (Å²) in [5.74, 6) is 1.69. The number of carbonyl (C=O) groups excluding carboxylic acids is 1. The smallest absolute Gasteiger partial charge is 0.229 e. The summed E-state index contributed by atoms with van der Waals surface area (Å²) < 4.78 is 10.3. The molecule has 0 fully saturated rings. The number of nitriles is 1. The van der Waals surface area contributed by atoms with Crippen LogP contribution in [0.15, 0.2) is 97.6 Å². The molecule has 3 aromatic carbocycles. The number of amides is 1. The van der Waals surface area contributed by atoms with Gasteiger partial charge in [0.05, 0.1) is 36.6 Å². The maximum Gasteiger partial charge on any atom is 0.229 e.